The summed E-state index contributed by atoms with van der Waals surface area (Å²) in [5.74, 6) is 1.45. The van der Waals surface area contributed by atoms with Gasteiger partial charge in [0.2, 0.25) is 10.3 Å². The Balaban J connectivity index is 1.20. The molecule has 4 aromatic carbocycles. The normalized spacial score (nSPS) is 11.0. The van der Waals surface area contributed by atoms with Gasteiger partial charge in [-0.2, -0.15) is 0 Å². The topological polar surface area (TPSA) is 83.1 Å². The molecule has 0 aliphatic carbocycles. The molecule has 0 spiro atoms. The Morgan fingerprint density at radius 1 is 0.417 bits per heavy atom. The fraction of sp³-hybridized carbons (Fsp3) is 0. The van der Waals surface area contributed by atoms with Crippen molar-refractivity contribution in [1.29, 1.82) is 0 Å². The number of rotatable bonds is 7. The lowest BCUT2D eigenvalue weighted by atomic mass is 9.99. The zero-order valence-corrected chi connectivity index (χ0v) is 20.6. The number of aromatic nitrogens is 6. The third-order valence-electron chi connectivity index (χ3n) is 5.65. The molecule has 8 heteroatoms. The van der Waals surface area contributed by atoms with Crippen LogP contribution in [-0.2, 0) is 0 Å². The van der Waals surface area contributed by atoms with Crippen molar-refractivity contribution < 1.29 is 0 Å². The predicted octanol–water partition coefficient (Wildman–Crippen LogP) is 7.39. The van der Waals surface area contributed by atoms with Crippen molar-refractivity contribution in [1.82, 2.24) is 30.4 Å². The summed E-state index contributed by atoms with van der Waals surface area (Å²) in [5, 5.41) is 16.2. The second-order valence-corrected chi connectivity index (χ2v) is 9.99. The van der Waals surface area contributed by atoms with E-state index in [-0.39, 0.29) is 0 Å². The maximum absolute atomic E-state index is 4.71. The number of aromatic amines is 2. The molecule has 0 aliphatic rings. The van der Waals surface area contributed by atoms with Crippen molar-refractivity contribution in [3.8, 4) is 45.0 Å². The molecule has 0 unspecified atom stereocenters. The third-order valence-corrected chi connectivity index (χ3v) is 7.55. The van der Waals surface area contributed by atoms with Crippen molar-refractivity contribution in [3.05, 3.63) is 109 Å². The lowest BCUT2D eigenvalue weighted by Gasteiger charge is -2.06. The summed E-state index contributed by atoms with van der Waals surface area (Å²) < 4.78 is 0. The van der Waals surface area contributed by atoms with E-state index in [4.69, 9.17) is 9.97 Å². The van der Waals surface area contributed by atoms with Crippen LogP contribution in [0, 0.1) is 0 Å². The van der Waals surface area contributed by atoms with Crippen molar-refractivity contribution in [2.24, 2.45) is 0 Å². The van der Waals surface area contributed by atoms with Gasteiger partial charge in [0.15, 0.2) is 11.6 Å². The standard InChI is InChI=1S/C28H20N6S2/c1-3-11-19(12-4-1)21-15-7-9-17-23(21)25-29-27(33-31-25)35-36-28-30-26(32-34-28)24-18-10-8-16-22(24)20-13-5-2-6-14-20/h1-18H,(H,29,31,33)(H,30,32,34). The van der Waals surface area contributed by atoms with Gasteiger partial charge in [0, 0.05) is 11.1 Å². The molecule has 6 nitrogen and oxygen atoms in total. The Labute approximate surface area is 216 Å². The van der Waals surface area contributed by atoms with Crippen LogP contribution in [0.2, 0.25) is 0 Å². The van der Waals surface area contributed by atoms with E-state index < -0.39 is 0 Å². The molecule has 174 valence electrons. The Morgan fingerprint density at radius 2 is 0.778 bits per heavy atom. The molecule has 2 aromatic heterocycles. The maximum Gasteiger partial charge on any atom is 0.219 e. The van der Waals surface area contributed by atoms with Crippen LogP contribution in [0.3, 0.4) is 0 Å². The fourth-order valence-corrected chi connectivity index (χ4v) is 5.47. The summed E-state index contributed by atoms with van der Waals surface area (Å²) in [6, 6.07) is 36.9. The molecule has 2 N–H and O–H groups in total. The van der Waals surface area contributed by atoms with Gasteiger partial charge in [-0.25, -0.2) is 9.97 Å². The molecular weight excluding hydrogens is 484 g/mol. The first-order valence-electron chi connectivity index (χ1n) is 11.3. The number of hydrogen-bond acceptors (Lipinski definition) is 6. The van der Waals surface area contributed by atoms with E-state index in [1.165, 1.54) is 21.6 Å². The highest BCUT2D eigenvalue weighted by atomic mass is 33.1. The van der Waals surface area contributed by atoms with Crippen molar-refractivity contribution in [3.63, 3.8) is 0 Å². The average Bonchev–Trinajstić information content (AvgIpc) is 3.63. The van der Waals surface area contributed by atoms with Gasteiger partial charge in [0.1, 0.15) is 0 Å². The summed E-state index contributed by atoms with van der Waals surface area (Å²) in [7, 11) is 2.84. The molecule has 0 bridgehead atoms. The maximum atomic E-state index is 4.71. The van der Waals surface area contributed by atoms with E-state index in [0.29, 0.717) is 10.3 Å². The monoisotopic (exact) mass is 504 g/mol. The van der Waals surface area contributed by atoms with E-state index in [1.807, 2.05) is 60.7 Å². The minimum absolute atomic E-state index is 0.619. The van der Waals surface area contributed by atoms with Crippen LogP contribution in [0.4, 0.5) is 0 Å². The van der Waals surface area contributed by atoms with Crippen LogP contribution < -0.4 is 0 Å². The summed E-state index contributed by atoms with van der Waals surface area (Å²) in [5.41, 5.74) is 6.49. The second kappa shape index (κ2) is 10.2. The van der Waals surface area contributed by atoms with Gasteiger partial charge in [0.05, 0.1) is 0 Å². The van der Waals surface area contributed by atoms with E-state index >= 15 is 0 Å². The molecule has 36 heavy (non-hydrogen) atoms. The van der Waals surface area contributed by atoms with Crippen LogP contribution in [-0.4, -0.2) is 30.4 Å². The van der Waals surface area contributed by atoms with Gasteiger partial charge in [-0.3, -0.25) is 10.2 Å². The summed E-state index contributed by atoms with van der Waals surface area (Å²) in [6.45, 7) is 0. The van der Waals surface area contributed by atoms with Crippen LogP contribution >= 0.6 is 21.6 Å². The minimum Gasteiger partial charge on any atom is -0.258 e. The van der Waals surface area contributed by atoms with Crippen LogP contribution in [0.1, 0.15) is 0 Å². The minimum atomic E-state index is 0.619. The Hall–Kier alpha value is -4.14. The predicted molar refractivity (Wildman–Crippen MR) is 146 cm³/mol. The molecule has 0 amide bonds. The van der Waals surface area contributed by atoms with Crippen molar-refractivity contribution in [2.75, 3.05) is 0 Å². The van der Waals surface area contributed by atoms with Crippen molar-refractivity contribution >= 4 is 21.6 Å². The SMILES string of the molecule is c1ccc(-c2ccccc2-c2nc(SSc3n[nH]c(-c4ccccc4-c4ccccc4)n3)n[nH]2)cc1. The molecule has 0 saturated carbocycles. The fourth-order valence-electron chi connectivity index (χ4n) is 4.00. The zero-order chi connectivity index (χ0) is 24.2. The number of H-pyrrole nitrogens is 2. The summed E-state index contributed by atoms with van der Waals surface area (Å²) in [6.07, 6.45) is 0. The van der Waals surface area contributed by atoms with Crippen LogP contribution in [0.25, 0.3) is 45.0 Å². The number of hydrogen-bond donors (Lipinski definition) is 2. The summed E-state index contributed by atoms with van der Waals surface area (Å²) in [4.78, 5) is 9.42. The first kappa shape index (κ1) is 22.3. The highest BCUT2D eigenvalue weighted by Crippen LogP contribution is 2.37. The first-order valence-corrected chi connectivity index (χ1v) is 13.5. The van der Waals surface area contributed by atoms with Gasteiger partial charge in [-0.05, 0) is 43.8 Å². The quantitative estimate of drug-likeness (QED) is 0.221. The lowest BCUT2D eigenvalue weighted by molar-refractivity contribution is 0.973. The molecule has 0 aliphatic heterocycles. The molecule has 6 rings (SSSR count). The second-order valence-electron chi connectivity index (χ2n) is 7.92. The molecule has 2 heterocycles. The average molecular weight is 505 g/mol. The van der Waals surface area contributed by atoms with Crippen LogP contribution in [0.15, 0.2) is 120 Å². The molecule has 0 radical (unpaired) electrons. The smallest absolute Gasteiger partial charge is 0.219 e. The van der Waals surface area contributed by atoms with Crippen molar-refractivity contribution in [2.45, 2.75) is 10.3 Å². The Kier molecular flexibility index (Phi) is 6.35. The number of benzene rings is 4. The lowest BCUT2D eigenvalue weighted by Crippen LogP contribution is -1.86. The molecular formula is C28H20N6S2. The molecule has 0 fully saturated rings. The first-order chi connectivity index (χ1) is 17.8. The number of nitrogens with zero attached hydrogens (tertiary/aromatic N) is 4. The van der Waals surface area contributed by atoms with Gasteiger partial charge in [-0.15, -0.1) is 10.2 Å². The van der Waals surface area contributed by atoms with Gasteiger partial charge >= 0.3 is 0 Å². The molecule has 0 saturated heterocycles. The Bertz CT molecular complexity index is 1470. The van der Waals surface area contributed by atoms with E-state index in [2.05, 4.69) is 68.9 Å². The van der Waals surface area contributed by atoms with E-state index in [0.717, 1.165) is 45.0 Å². The highest BCUT2D eigenvalue weighted by molar-refractivity contribution is 8.76. The van der Waals surface area contributed by atoms with Gasteiger partial charge < -0.3 is 0 Å². The highest BCUT2D eigenvalue weighted by Gasteiger charge is 2.15. The van der Waals surface area contributed by atoms with Crippen LogP contribution in [0.5, 0.6) is 0 Å². The third kappa shape index (κ3) is 4.68. The molecule has 6 aromatic rings. The largest absolute Gasteiger partial charge is 0.258 e. The summed E-state index contributed by atoms with van der Waals surface area (Å²) >= 11 is 0. The molecule has 0 atom stereocenters. The number of nitrogens with one attached hydrogen (secondary N) is 2. The van der Waals surface area contributed by atoms with Gasteiger partial charge in [-0.1, -0.05) is 109 Å². The van der Waals surface area contributed by atoms with E-state index in [1.54, 1.807) is 0 Å². The van der Waals surface area contributed by atoms with E-state index in [9.17, 15) is 0 Å². The Morgan fingerprint density at radius 3 is 1.19 bits per heavy atom. The zero-order valence-electron chi connectivity index (χ0n) is 19.0. The van der Waals surface area contributed by atoms with Gasteiger partial charge in [0.25, 0.3) is 0 Å².